The highest BCUT2D eigenvalue weighted by molar-refractivity contribution is 6.12. The first-order valence-corrected chi connectivity index (χ1v) is 10.4. The molecule has 3 N–H and O–H groups in total. The van der Waals surface area contributed by atoms with Crippen molar-refractivity contribution in [3.8, 4) is 24.0 Å². The van der Waals surface area contributed by atoms with Crippen LogP contribution in [-0.4, -0.2) is 48.0 Å². The number of nitrogens with two attached hydrogens (primary N) is 1. The Labute approximate surface area is 184 Å². The Morgan fingerprint density at radius 1 is 1.41 bits per heavy atom. The first-order valence-electron chi connectivity index (χ1n) is 10.4. The molecule has 0 spiro atoms. The van der Waals surface area contributed by atoms with Crippen LogP contribution in [0.3, 0.4) is 0 Å². The molecule has 0 bridgehead atoms. The molecule has 3 aromatic rings. The van der Waals surface area contributed by atoms with E-state index in [1.54, 1.807) is 27.7 Å². The summed E-state index contributed by atoms with van der Waals surface area (Å²) in [6.45, 7) is 5.48. The van der Waals surface area contributed by atoms with Crippen LogP contribution in [0.25, 0.3) is 27.3 Å². The van der Waals surface area contributed by atoms with Gasteiger partial charge in [0.1, 0.15) is 29.1 Å². The molecule has 3 aromatic heterocycles. The Balaban J connectivity index is 1.52. The van der Waals surface area contributed by atoms with Crippen LogP contribution < -0.4 is 5.73 Å². The van der Waals surface area contributed by atoms with Gasteiger partial charge in [0, 0.05) is 18.9 Å². The number of aromatic nitrogens is 5. The van der Waals surface area contributed by atoms with Crippen molar-refractivity contribution in [2.45, 2.75) is 38.1 Å². The summed E-state index contributed by atoms with van der Waals surface area (Å²) in [7, 11) is 0. The molecule has 10 nitrogen and oxygen atoms in total. The van der Waals surface area contributed by atoms with Crippen LogP contribution in [0, 0.1) is 23.3 Å². The van der Waals surface area contributed by atoms with E-state index in [9.17, 15) is 5.26 Å². The first kappa shape index (κ1) is 19.6. The lowest BCUT2D eigenvalue weighted by Crippen LogP contribution is -2.32. The van der Waals surface area contributed by atoms with Crippen LogP contribution in [0.15, 0.2) is 35.8 Å². The second kappa shape index (κ2) is 7.75. The van der Waals surface area contributed by atoms with Crippen molar-refractivity contribution in [1.29, 1.82) is 5.26 Å². The van der Waals surface area contributed by atoms with Crippen molar-refractivity contribution in [2.75, 3.05) is 5.73 Å². The van der Waals surface area contributed by atoms with Gasteiger partial charge in [0.05, 0.1) is 41.4 Å². The summed E-state index contributed by atoms with van der Waals surface area (Å²) in [5, 5.41) is 25.3. The van der Waals surface area contributed by atoms with Crippen LogP contribution >= 0.6 is 0 Å². The summed E-state index contributed by atoms with van der Waals surface area (Å²) in [6, 6.07) is 6.14. The molecular formula is C22H22N10+2. The highest BCUT2D eigenvalue weighted by Crippen LogP contribution is 2.39. The molecule has 2 aliphatic rings. The normalized spacial score (nSPS) is 23.9. The van der Waals surface area contributed by atoms with Crippen LogP contribution in [0.5, 0.6) is 0 Å². The molecule has 0 unspecified atom stereocenters. The zero-order valence-electron chi connectivity index (χ0n) is 17.4. The van der Waals surface area contributed by atoms with Gasteiger partial charge in [0.25, 0.3) is 12.6 Å². The number of hydrogen-bond acceptors (Lipinski definition) is 6. The topological polar surface area (TPSA) is 128 Å². The maximum atomic E-state index is 9.42. The Hall–Kier alpha value is -4.31. The van der Waals surface area contributed by atoms with Crippen molar-refractivity contribution >= 4 is 29.3 Å². The zero-order valence-corrected chi connectivity index (χ0v) is 17.4. The second-order valence-electron chi connectivity index (χ2n) is 8.26. The molecular weight excluding hydrogens is 404 g/mol. The fourth-order valence-corrected chi connectivity index (χ4v) is 4.38. The van der Waals surface area contributed by atoms with Crippen LogP contribution in [0.4, 0.5) is 5.82 Å². The van der Waals surface area contributed by atoms with E-state index in [0.29, 0.717) is 23.6 Å². The summed E-state index contributed by atoms with van der Waals surface area (Å²) < 4.78 is 3.55. The lowest BCUT2D eigenvalue weighted by Gasteiger charge is -2.28. The summed E-state index contributed by atoms with van der Waals surface area (Å²) in [5.41, 5.74) is 9.25. The molecule has 0 saturated heterocycles. The molecule has 10 heteroatoms. The number of aromatic amines is 1. The number of hydrazone groups is 1. The molecule has 4 heterocycles. The Morgan fingerprint density at radius 3 is 2.97 bits per heavy atom. The fourth-order valence-electron chi connectivity index (χ4n) is 4.38. The lowest BCUT2D eigenvalue weighted by atomic mass is 9.71. The van der Waals surface area contributed by atoms with E-state index in [-0.39, 0.29) is 11.5 Å². The highest BCUT2D eigenvalue weighted by atomic mass is 15.4. The van der Waals surface area contributed by atoms with Crippen molar-refractivity contribution in [2.24, 2.45) is 10.5 Å². The SMILES string of the molecule is C#[N+][C@H]1CC[C@@](/C=[N+]2/C=C(c3nc(-c4cc(N)[nH]n4)cn4nccc34)C=N2)(CC#N)CC1. The molecule has 5 rings (SSSR count). The van der Waals surface area contributed by atoms with Crippen molar-refractivity contribution < 1.29 is 4.68 Å². The number of hydrogen-bond donors (Lipinski definition) is 2. The Morgan fingerprint density at radius 2 is 2.25 bits per heavy atom. The summed E-state index contributed by atoms with van der Waals surface area (Å²) in [5.74, 6) is 0.464. The number of anilines is 1. The zero-order chi connectivity index (χ0) is 22.1. The van der Waals surface area contributed by atoms with Crippen molar-refractivity contribution in [3.05, 3.63) is 41.3 Å². The van der Waals surface area contributed by atoms with Crippen LogP contribution in [0.1, 0.15) is 37.8 Å². The molecule has 1 aliphatic carbocycles. The van der Waals surface area contributed by atoms with E-state index in [2.05, 4.69) is 37.5 Å². The van der Waals surface area contributed by atoms with E-state index >= 15 is 0 Å². The largest absolute Gasteiger partial charge is 0.384 e. The van der Waals surface area contributed by atoms with E-state index < -0.39 is 0 Å². The van der Waals surface area contributed by atoms with E-state index in [4.69, 9.17) is 17.3 Å². The minimum Gasteiger partial charge on any atom is -0.384 e. The van der Waals surface area contributed by atoms with Gasteiger partial charge in [0.15, 0.2) is 6.21 Å². The van der Waals surface area contributed by atoms with Crippen LogP contribution in [-0.2, 0) is 0 Å². The molecule has 32 heavy (non-hydrogen) atoms. The monoisotopic (exact) mass is 426 g/mol. The Kier molecular flexibility index (Phi) is 4.75. The number of nitriles is 1. The van der Waals surface area contributed by atoms with Gasteiger partial charge in [0.2, 0.25) is 6.20 Å². The fraction of sp³-hybridized carbons (Fsp3) is 0.318. The number of nitrogens with one attached hydrogen (secondary N) is 1. The predicted octanol–water partition coefficient (Wildman–Crippen LogP) is 2.93. The van der Waals surface area contributed by atoms with Crippen LogP contribution in [0.2, 0.25) is 0 Å². The highest BCUT2D eigenvalue weighted by Gasteiger charge is 2.41. The van der Waals surface area contributed by atoms with Gasteiger partial charge in [-0.15, -0.1) is 0 Å². The molecule has 158 valence electrons. The van der Waals surface area contributed by atoms with Gasteiger partial charge < -0.3 is 5.73 Å². The quantitative estimate of drug-likeness (QED) is 0.620. The van der Waals surface area contributed by atoms with E-state index in [0.717, 1.165) is 42.5 Å². The minimum atomic E-state index is -0.243. The van der Waals surface area contributed by atoms with Gasteiger partial charge in [-0.25, -0.2) is 9.50 Å². The maximum Gasteiger partial charge on any atom is 0.272 e. The smallest absolute Gasteiger partial charge is 0.272 e. The number of allylic oxidation sites excluding steroid dienone is 1. The molecule has 1 saturated carbocycles. The first-order chi connectivity index (χ1) is 15.6. The molecule has 0 radical (unpaired) electrons. The third-order valence-electron chi connectivity index (χ3n) is 6.12. The van der Waals surface area contributed by atoms with E-state index in [1.807, 2.05) is 18.5 Å². The van der Waals surface area contributed by atoms with Crippen molar-refractivity contribution in [3.63, 3.8) is 0 Å². The van der Waals surface area contributed by atoms with Gasteiger partial charge >= 0.3 is 0 Å². The van der Waals surface area contributed by atoms with Gasteiger partial charge in [-0.1, -0.05) is 9.53 Å². The second-order valence-corrected chi connectivity index (χ2v) is 8.26. The third-order valence-corrected chi connectivity index (χ3v) is 6.12. The predicted molar refractivity (Wildman–Crippen MR) is 121 cm³/mol. The number of nitrogens with zero attached hydrogens (tertiary/aromatic N) is 8. The number of fused-ring (bicyclic) bond motifs is 1. The van der Waals surface area contributed by atoms with Gasteiger partial charge in [-0.2, -0.15) is 15.5 Å². The molecule has 1 aliphatic heterocycles. The third kappa shape index (κ3) is 3.52. The number of H-pyrrole nitrogens is 1. The minimum absolute atomic E-state index is 0.168. The van der Waals surface area contributed by atoms with Gasteiger partial charge in [-0.3, -0.25) is 5.10 Å². The van der Waals surface area contributed by atoms with Crippen molar-refractivity contribution in [1.82, 2.24) is 24.8 Å². The lowest BCUT2D eigenvalue weighted by molar-refractivity contribution is -0.456. The molecule has 0 atom stereocenters. The summed E-state index contributed by atoms with van der Waals surface area (Å²) >= 11 is 0. The van der Waals surface area contributed by atoms with Gasteiger partial charge in [-0.05, 0) is 24.0 Å². The number of rotatable bonds is 4. The standard InChI is InChI=1S/C22H22N10/c1-25-16-2-5-22(6-3-16,7-8-23)14-31-12-15(11-27-31)21-19-4-9-26-32(19)13-18(28-21)17-10-20(24)30-29-17/h1,4,9-14,16H,2-3,5-7H2,(H3,24,29,30)/q+2/b31-14-/t16-,22-. The Bertz CT molecular complexity index is 1350. The molecule has 0 amide bonds. The maximum absolute atomic E-state index is 9.42. The average molecular weight is 426 g/mol. The summed E-state index contributed by atoms with van der Waals surface area (Å²) in [6.07, 6.45) is 13.2. The molecule has 0 aromatic carbocycles. The summed E-state index contributed by atoms with van der Waals surface area (Å²) in [4.78, 5) is 8.75. The average Bonchev–Trinajstić information content (AvgIpc) is 3.55. The molecule has 1 fully saturated rings. The number of nitrogen functional groups attached to an aromatic ring is 1. The van der Waals surface area contributed by atoms with E-state index in [1.165, 1.54) is 0 Å².